The van der Waals surface area contributed by atoms with E-state index in [0.29, 0.717) is 28.9 Å². The van der Waals surface area contributed by atoms with Gasteiger partial charge in [-0.1, -0.05) is 11.6 Å². The van der Waals surface area contributed by atoms with Gasteiger partial charge in [0.1, 0.15) is 23.7 Å². The first-order valence-electron chi connectivity index (χ1n) is 9.40. The van der Waals surface area contributed by atoms with E-state index in [1.165, 1.54) is 14.2 Å². The predicted octanol–water partition coefficient (Wildman–Crippen LogP) is 3.12. The first-order chi connectivity index (χ1) is 13.1. The molecule has 136 valence electrons. The number of cyclic esters (lactones) is 1. The van der Waals surface area contributed by atoms with Crippen molar-refractivity contribution in [1.82, 2.24) is 0 Å². The van der Waals surface area contributed by atoms with E-state index in [0.717, 1.165) is 5.57 Å². The Bertz CT molecular complexity index is 811. The normalized spacial score (nSPS) is 15.6. The van der Waals surface area contributed by atoms with Crippen molar-refractivity contribution in [2.45, 2.75) is 39.7 Å². The minimum atomic E-state index is -2.74. The van der Waals surface area contributed by atoms with Crippen molar-refractivity contribution in [1.29, 1.82) is 0 Å². The molecule has 0 fully saturated rings. The van der Waals surface area contributed by atoms with Crippen LogP contribution in [0.4, 0.5) is 0 Å². The SMILES string of the molecule is [2H]C([2H])([2H])Oc1c(C/C=C(\C)CCC(=O)OC)c(OC)c(C)c2c1C(=O)OC2. The second kappa shape index (κ2) is 8.05. The molecule has 0 unspecified atom stereocenters. The first-order valence-corrected chi connectivity index (χ1v) is 7.90. The lowest BCUT2D eigenvalue weighted by atomic mass is 9.94. The van der Waals surface area contributed by atoms with Crippen LogP contribution in [0.1, 0.15) is 50.9 Å². The summed E-state index contributed by atoms with van der Waals surface area (Å²) >= 11 is 0. The summed E-state index contributed by atoms with van der Waals surface area (Å²) in [5.41, 5.74) is 2.76. The van der Waals surface area contributed by atoms with Gasteiger partial charge < -0.3 is 18.9 Å². The van der Waals surface area contributed by atoms with Crippen LogP contribution in [0.25, 0.3) is 0 Å². The highest BCUT2D eigenvalue weighted by molar-refractivity contribution is 5.98. The third-order valence-corrected chi connectivity index (χ3v) is 4.33. The third kappa shape index (κ3) is 3.78. The Morgan fingerprint density at radius 1 is 1.28 bits per heavy atom. The van der Waals surface area contributed by atoms with Crippen molar-refractivity contribution in [3.05, 3.63) is 33.9 Å². The van der Waals surface area contributed by atoms with Crippen LogP contribution in [0.15, 0.2) is 11.6 Å². The fourth-order valence-electron chi connectivity index (χ4n) is 2.90. The number of hydrogen-bond donors (Lipinski definition) is 0. The Balaban J connectivity index is 2.49. The van der Waals surface area contributed by atoms with Gasteiger partial charge in [-0.05, 0) is 32.3 Å². The maximum absolute atomic E-state index is 12.2. The van der Waals surface area contributed by atoms with E-state index >= 15 is 0 Å². The lowest BCUT2D eigenvalue weighted by molar-refractivity contribution is -0.140. The molecule has 0 spiro atoms. The van der Waals surface area contributed by atoms with Crippen LogP contribution in [0.3, 0.4) is 0 Å². The summed E-state index contributed by atoms with van der Waals surface area (Å²) in [5.74, 6) is -0.522. The highest BCUT2D eigenvalue weighted by Crippen LogP contribution is 2.42. The van der Waals surface area contributed by atoms with Crippen LogP contribution in [-0.2, 0) is 27.3 Å². The molecule has 0 aromatic heterocycles. The molecule has 0 N–H and O–H groups in total. The van der Waals surface area contributed by atoms with E-state index in [4.69, 9.17) is 18.3 Å². The number of benzene rings is 1. The minimum Gasteiger partial charge on any atom is -0.496 e. The van der Waals surface area contributed by atoms with E-state index in [9.17, 15) is 9.59 Å². The van der Waals surface area contributed by atoms with Crippen LogP contribution < -0.4 is 9.47 Å². The second-order valence-electron chi connectivity index (χ2n) is 5.83. The molecule has 0 aliphatic carbocycles. The van der Waals surface area contributed by atoms with Gasteiger partial charge in [0.2, 0.25) is 0 Å². The number of carbonyl (C=O) groups excluding carboxylic acids is 2. The number of methoxy groups -OCH3 is 3. The molecule has 1 aliphatic rings. The molecule has 1 aromatic rings. The van der Waals surface area contributed by atoms with Crippen LogP contribution in [0.5, 0.6) is 11.5 Å². The van der Waals surface area contributed by atoms with Gasteiger partial charge >= 0.3 is 11.9 Å². The monoisotopic (exact) mass is 351 g/mol. The molecular formula is C19H24O6. The number of hydrogen-bond acceptors (Lipinski definition) is 6. The smallest absolute Gasteiger partial charge is 0.342 e. The van der Waals surface area contributed by atoms with Gasteiger partial charge in [0.05, 0.1) is 25.4 Å². The van der Waals surface area contributed by atoms with Gasteiger partial charge in [-0.25, -0.2) is 4.79 Å². The van der Waals surface area contributed by atoms with Gasteiger partial charge in [-0.15, -0.1) is 0 Å². The molecule has 6 heteroatoms. The number of rotatable bonds is 7. The van der Waals surface area contributed by atoms with Crippen LogP contribution in [0.2, 0.25) is 0 Å². The number of allylic oxidation sites excluding steroid dienone is 2. The summed E-state index contributed by atoms with van der Waals surface area (Å²) in [4.78, 5) is 23.5. The van der Waals surface area contributed by atoms with Gasteiger partial charge in [0.15, 0.2) is 0 Å². The van der Waals surface area contributed by atoms with E-state index in [1.807, 2.05) is 13.0 Å². The summed E-state index contributed by atoms with van der Waals surface area (Å²) in [7, 11) is 0.0647. The summed E-state index contributed by atoms with van der Waals surface area (Å²) in [6, 6.07) is 0. The molecule has 0 saturated carbocycles. The molecule has 0 amide bonds. The lowest BCUT2D eigenvalue weighted by Crippen LogP contribution is -2.06. The van der Waals surface area contributed by atoms with Crippen molar-refractivity contribution in [2.24, 2.45) is 0 Å². The molecule has 0 saturated heterocycles. The zero-order valence-corrected chi connectivity index (χ0v) is 14.9. The summed E-state index contributed by atoms with van der Waals surface area (Å²) < 4.78 is 42.9. The first kappa shape index (κ1) is 14.8. The Hall–Kier alpha value is -2.50. The molecule has 2 rings (SSSR count). The number of carbonyl (C=O) groups is 2. The Morgan fingerprint density at radius 3 is 2.68 bits per heavy atom. The molecule has 0 bridgehead atoms. The van der Waals surface area contributed by atoms with Crippen molar-refractivity contribution in [2.75, 3.05) is 21.3 Å². The predicted molar refractivity (Wildman–Crippen MR) is 92.1 cm³/mol. The third-order valence-electron chi connectivity index (χ3n) is 4.33. The Morgan fingerprint density at radius 2 is 2.04 bits per heavy atom. The molecule has 1 aromatic carbocycles. The molecule has 25 heavy (non-hydrogen) atoms. The molecule has 0 radical (unpaired) electrons. The molecule has 1 aliphatic heterocycles. The number of fused-ring (bicyclic) bond motifs is 1. The van der Waals surface area contributed by atoms with E-state index < -0.39 is 13.0 Å². The summed E-state index contributed by atoms with van der Waals surface area (Å²) in [6.07, 6.45) is 2.85. The van der Waals surface area contributed by atoms with E-state index in [2.05, 4.69) is 4.74 Å². The number of ether oxygens (including phenoxy) is 4. The minimum absolute atomic E-state index is 0.0436. The highest BCUT2D eigenvalue weighted by Gasteiger charge is 2.32. The quantitative estimate of drug-likeness (QED) is 0.555. The lowest BCUT2D eigenvalue weighted by Gasteiger charge is -2.18. The summed E-state index contributed by atoms with van der Waals surface area (Å²) in [6.45, 7) is 3.69. The average Bonchev–Trinajstić information content (AvgIpc) is 3.01. The zero-order valence-electron chi connectivity index (χ0n) is 17.9. The topological polar surface area (TPSA) is 71.1 Å². The average molecular weight is 351 g/mol. The summed E-state index contributed by atoms with van der Waals surface area (Å²) in [5, 5.41) is 0. The number of esters is 2. The van der Waals surface area contributed by atoms with E-state index in [1.54, 1.807) is 6.92 Å². The molecular weight excluding hydrogens is 324 g/mol. The van der Waals surface area contributed by atoms with Gasteiger partial charge in [-0.2, -0.15) is 0 Å². The second-order valence-corrected chi connectivity index (χ2v) is 5.83. The largest absolute Gasteiger partial charge is 0.496 e. The van der Waals surface area contributed by atoms with Crippen molar-refractivity contribution in [3.8, 4) is 11.5 Å². The molecule has 6 nitrogen and oxygen atoms in total. The van der Waals surface area contributed by atoms with Gasteiger partial charge in [0.25, 0.3) is 0 Å². The van der Waals surface area contributed by atoms with Gasteiger partial charge in [0, 0.05) is 17.5 Å². The fourth-order valence-corrected chi connectivity index (χ4v) is 2.90. The highest BCUT2D eigenvalue weighted by atomic mass is 16.5. The maximum Gasteiger partial charge on any atom is 0.342 e. The van der Waals surface area contributed by atoms with Crippen molar-refractivity contribution >= 4 is 11.9 Å². The molecule has 0 atom stereocenters. The standard InChI is InChI=1S/C19H24O6/c1-11(7-9-15(20)22-3)6-8-13-17(23-4)12(2)14-10-25-19(21)16(14)18(13)24-5/h6H,7-10H2,1-5H3/b11-6+/i5D3. The van der Waals surface area contributed by atoms with Crippen molar-refractivity contribution < 1.29 is 32.6 Å². The maximum atomic E-state index is 12.2. The molecule has 1 heterocycles. The van der Waals surface area contributed by atoms with Gasteiger partial charge in [-0.3, -0.25) is 4.79 Å². The fraction of sp³-hybridized carbons (Fsp3) is 0.474. The van der Waals surface area contributed by atoms with E-state index in [-0.39, 0.29) is 36.7 Å². The van der Waals surface area contributed by atoms with Crippen LogP contribution in [-0.4, -0.2) is 33.2 Å². The van der Waals surface area contributed by atoms with Crippen LogP contribution in [0, 0.1) is 6.92 Å². The van der Waals surface area contributed by atoms with Crippen molar-refractivity contribution in [3.63, 3.8) is 0 Å². The Kier molecular flexibility index (Phi) is 4.77. The zero-order chi connectivity index (χ0) is 21.1. The van der Waals surface area contributed by atoms with Crippen LogP contribution >= 0.6 is 0 Å². The Labute approximate surface area is 151 Å².